The van der Waals surface area contributed by atoms with E-state index >= 15 is 0 Å². The molecule has 1 aromatic carbocycles. The molecule has 1 amide bonds. The Morgan fingerprint density at radius 1 is 1.13 bits per heavy atom. The van der Waals surface area contributed by atoms with Gasteiger partial charge in [-0.15, -0.1) is 0 Å². The highest BCUT2D eigenvalue weighted by molar-refractivity contribution is 5.93. The lowest BCUT2D eigenvalue weighted by atomic mass is 10.2. The summed E-state index contributed by atoms with van der Waals surface area (Å²) in [6.07, 6.45) is 0.301. The van der Waals surface area contributed by atoms with Crippen molar-refractivity contribution in [2.24, 2.45) is 0 Å². The summed E-state index contributed by atoms with van der Waals surface area (Å²) >= 11 is 0. The first-order valence-electron chi connectivity index (χ1n) is 6.95. The number of rotatable bonds is 8. The van der Waals surface area contributed by atoms with E-state index in [1.807, 2.05) is 12.1 Å². The summed E-state index contributed by atoms with van der Waals surface area (Å²) in [5.74, 6) is -0.758. The monoisotopic (exact) mass is 315 g/mol. The maximum Gasteiger partial charge on any atom is 0.342 e. The molecule has 0 bridgehead atoms. The molecule has 0 atom stereocenters. The zero-order chi connectivity index (χ0) is 17.1. The van der Waals surface area contributed by atoms with E-state index in [-0.39, 0.29) is 31.5 Å². The summed E-state index contributed by atoms with van der Waals surface area (Å²) in [6.45, 7) is -0.0554. The fourth-order valence-corrected chi connectivity index (χ4v) is 1.84. The standard InChI is InChI=1S/C16H17N3O4/c1-22-14-7-3-2-6-13(14)16(21)23-12-15(20)19(10-4-8-17)11-5-9-18/h2-3,6-7H,4-5,10-12H2,1H3. The molecule has 120 valence electrons. The predicted octanol–water partition coefficient (Wildman–Crippen LogP) is 1.51. The van der Waals surface area contributed by atoms with Gasteiger partial charge < -0.3 is 14.4 Å². The van der Waals surface area contributed by atoms with Gasteiger partial charge in [0.1, 0.15) is 11.3 Å². The molecule has 0 saturated carbocycles. The van der Waals surface area contributed by atoms with Gasteiger partial charge in [-0.1, -0.05) is 12.1 Å². The quantitative estimate of drug-likeness (QED) is 0.673. The summed E-state index contributed by atoms with van der Waals surface area (Å²) in [5.41, 5.74) is 0.225. The van der Waals surface area contributed by atoms with E-state index < -0.39 is 18.5 Å². The van der Waals surface area contributed by atoms with Crippen LogP contribution in [0.1, 0.15) is 23.2 Å². The second-order valence-corrected chi connectivity index (χ2v) is 4.47. The maximum atomic E-state index is 12.0. The van der Waals surface area contributed by atoms with Crippen LogP contribution in [0.4, 0.5) is 0 Å². The number of ether oxygens (including phenoxy) is 2. The summed E-state index contributed by atoms with van der Waals surface area (Å²) in [4.78, 5) is 25.4. The van der Waals surface area contributed by atoms with Crippen LogP contribution < -0.4 is 4.74 Å². The van der Waals surface area contributed by atoms with Crippen LogP contribution in [-0.4, -0.2) is 43.6 Å². The molecule has 0 saturated heterocycles. The molecule has 0 aliphatic carbocycles. The van der Waals surface area contributed by atoms with E-state index in [9.17, 15) is 9.59 Å². The van der Waals surface area contributed by atoms with E-state index in [1.54, 1.807) is 18.2 Å². The van der Waals surface area contributed by atoms with Crippen LogP contribution >= 0.6 is 0 Å². The highest BCUT2D eigenvalue weighted by atomic mass is 16.5. The molecular formula is C16H17N3O4. The Labute approximate surface area is 134 Å². The number of para-hydroxylation sites is 1. The first-order chi connectivity index (χ1) is 11.1. The molecular weight excluding hydrogens is 298 g/mol. The Balaban J connectivity index is 2.63. The van der Waals surface area contributed by atoms with Crippen molar-refractivity contribution in [3.63, 3.8) is 0 Å². The fraction of sp³-hybridized carbons (Fsp3) is 0.375. The number of hydrogen-bond donors (Lipinski definition) is 0. The molecule has 0 heterocycles. The minimum absolute atomic E-state index is 0.150. The number of amides is 1. The molecule has 23 heavy (non-hydrogen) atoms. The van der Waals surface area contributed by atoms with Gasteiger partial charge in [0, 0.05) is 13.1 Å². The van der Waals surface area contributed by atoms with E-state index in [4.69, 9.17) is 20.0 Å². The number of carbonyl (C=O) groups is 2. The highest BCUT2D eigenvalue weighted by Crippen LogP contribution is 2.18. The molecule has 7 nitrogen and oxygen atoms in total. The van der Waals surface area contributed by atoms with Crippen LogP contribution in [-0.2, 0) is 9.53 Å². The molecule has 0 N–H and O–H groups in total. The summed E-state index contributed by atoms with van der Waals surface area (Å²) in [7, 11) is 1.43. The lowest BCUT2D eigenvalue weighted by Gasteiger charge is -2.20. The van der Waals surface area contributed by atoms with Crippen molar-refractivity contribution < 1.29 is 19.1 Å². The lowest BCUT2D eigenvalue weighted by molar-refractivity contribution is -0.134. The lowest BCUT2D eigenvalue weighted by Crippen LogP contribution is -2.36. The number of nitriles is 2. The van der Waals surface area contributed by atoms with Crippen molar-refractivity contribution in [3.8, 4) is 17.9 Å². The van der Waals surface area contributed by atoms with E-state index in [2.05, 4.69) is 0 Å². The third-order valence-electron chi connectivity index (χ3n) is 2.99. The zero-order valence-electron chi connectivity index (χ0n) is 12.8. The van der Waals surface area contributed by atoms with Crippen LogP contribution in [0.15, 0.2) is 24.3 Å². The number of carbonyl (C=O) groups excluding carboxylic acids is 2. The summed E-state index contributed by atoms with van der Waals surface area (Å²) in [5, 5.41) is 17.2. The number of nitrogens with zero attached hydrogens (tertiary/aromatic N) is 3. The van der Waals surface area contributed by atoms with Crippen molar-refractivity contribution in [2.75, 3.05) is 26.8 Å². The van der Waals surface area contributed by atoms with Crippen molar-refractivity contribution in [1.82, 2.24) is 4.90 Å². The third-order valence-corrected chi connectivity index (χ3v) is 2.99. The Morgan fingerprint density at radius 2 is 1.74 bits per heavy atom. The molecule has 0 fully saturated rings. The number of esters is 1. The number of hydrogen-bond acceptors (Lipinski definition) is 6. The molecule has 0 unspecified atom stereocenters. The van der Waals surface area contributed by atoms with Gasteiger partial charge in [-0.3, -0.25) is 4.79 Å². The second kappa shape index (κ2) is 9.80. The van der Waals surface area contributed by atoms with Gasteiger partial charge in [0.05, 0.1) is 32.1 Å². The number of methoxy groups -OCH3 is 1. The Bertz CT molecular complexity index is 613. The van der Waals surface area contributed by atoms with Gasteiger partial charge >= 0.3 is 5.97 Å². The van der Waals surface area contributed by atoms with Gasteiger partial charge in [-0.05, 0) is 12.1 Å². The fourth-order valence-electron chi connectivity index (χ4n) is 1.84. The second-order valence-electron chi connectivity index (χ2n) is 4.47. The summed E-state index contributed by atoms with van der Waals surface area (Å²) in [6, 6.07) is 10.4. The SMILES string of the molecule is COc1ccccc1C(=O)OCC(=O)N(CCC#N)CCC#N. The molecule has 7 heteroatoms. The Morgan fingerprint density at radius 3 is 2.30 bits per heavy atom. The Hall–Kier alpha value is -3.06. The van der Waals surface area contributed by atoms with E-state index in [0.717, 1.165) is 0 Å². The van der Waals surface area contributed by atoms with Crippen molar-refractivity contribution >= 4 is 11.9 Å². The molecule has 0 aliphatic heterocycles. The topological polar surface area (TPSA) is 103 Å². The van der Waals surface area contributed by atoms with Crippen LogP contribution in [0, 0.1) is 22.7 Å². The maximum absolute atomic E-state index is 12.0. The molecule has 0 spiro atoms. The van der Waals surface area contributed by atoms with Gasteiger partial charge in [-0.2, -0.15) is 10.5 Å². The van der Waals surface area contributed by atoms with Crippen molar-refractivity contribution in [2.45, 2.75) is 12.8 Å². The zero-order valence-corrected chi connectivity index (χ0v) is 12.8. The minimum Gasteiger partial charge on any atom is -0.496 e. The van der Waals surface area contributed by atoms with E-state index in [0.29, 0.717) is 5.75 Å². The first kappa shape index (κ1) is 18.0. The largest absolute Gasteiger partial charge is 0.496 e. The van der Waals surface area contributed by atoms with Crippen LogP contribution in [0.5, 0.6) is 5.75 Å². The van der Waals surface area contributed by atoms with Crippen LogP contribution in [0.2, 0.25) is 0 Å². The van der Waals surface area contributed by atoms with Crippen LogP contribution in [0.25, 0.3) is 0 Å². The molecule has 1 rings (SSSR count). The smallest absolute Gasteiger partial charge is 0.342 e. The van der Waals surface area contributed by atoms with Gasteiger partial charge in [-0.25, -0.2) is 4.79 Å². The van der Waals surface area contributed by atoms with Gasteiger partial charge in [0.15, 0.2) is 6.61 Å². The first-order valence-corrected chi connectivity index (χ1v) is 6.95. The summed E-state index contributed by atoms with van der Waals surface area (Å²) < 4.78 is 10.1. The van der Waals surface area contributed by atoms with Gasteiger partial charge in [0.25, 0.3) is 5.91 Å². The predicted molar refractivity (Wildman–Crippen MR) is 80.3 cm³/mol. The third kappa shape index (κ3) is 5.68. The van der Waals surface area contributed by atoms with Crippen molar-refractivity contribution in [3.05, 3.63) is 29.8 Å². The molecule has 0 aromatic heterocycles. The highest BCUT2D eigenvalue weighted by Gasteiger charge is 2.18. The minimum atomic E-state index is -0.670. The van der Waals surface area contributed by atoms with Crippen molar-refractivity contribution in [1.29, 1.82) is 10.5 Å². The Kier molecular flexibility index (Phi) is 7.67. The number of benzene rings is 1. The van der Waals surface area contributed by atoms with Crippen LogP contribution in [0.3, 0.4) is 0 Å². The van der Waals surface area contributed by atoms with E-state index in [1.165, 1.54) is 18.1 Å². The molecule has 0 radical (unpaired) electrons. The van der Waals surface area contributed by atoms with Gasteiger partial charge in [0.2, 0.25) is 0 Å². The average Bonchev–Trinajstić information content (AvgIpc) is 2.59. The normalized spacial score (nSPS) is 9.35. The average molecular weight is 315 g/mol. The molecule has 1 aromatic rings. The molecule has 0 aliphatic rings.